The molecule has 2 nitrogen and oxygen atoms in total. The van der Waals surface area contributed by atoms with Crippen molar-refractivity contribution in [1.29, 1.82) is 0 Å². The predicted molar refractivity (Wildman–Crippen MR) is 71.1 cm³/mol. The number of benzene rings is 2. The van der Waals surface area contributed by atoms with Crippen LogP contribution < -0.4 is 10.5 Å². The summed E-state index contributed by atoms with van der Waals surface area (Å²) in [7, 11) is 0. The van der Waals surface area contributed by atoms with E-state index in [4.69, 9.17) is 10.5 Å². The van der Waals surface area contributed by atoms with Crippen LogP contribution in [0.2, 0.25) is 0 Å². The molecule has 3 heteroatoms. The molecule has 0 aliphatic rings. The summed E-state index contributed by atoms with van der Waals surface area (Å²) in [4.78, 5) is 0. The topological polar surface area (TPSA) is 35.2 Å². The van der Waals surface area contributed by atoms with Gasteiger partial charge in [0.05, 0.1) is 0 Å². The Balaban J connectivity index is 2.14. The third kappa shape index (κ3) is 2.62. The zero-order valence-electron chi connectivity index (χ0n) is 10.5. The number of rotatable bonds is 3. The van der Waals surface area contributed by atoms with Gasteiger partial charge in [-0.3, -0.25) is 0 Å². The Hall–Kier alpha value is -2.03. The maximum Gasteiger partial charge on any atom is 0.131 e. The molecule has 2 aromatic carbocycles. The second-order valence-corrected chi connectivity index (χ2v) is 4.34. The van der Waals surface area contributed by atoms with Crippen LogP contribution >= 0.6 is 0 Å². The minimum Gasteiger partial charge on any atom is -0.489 e. The molecule has 0 aromatic heterocycles. The van der Waals surface area contributed by atoms with Gasteiger partial charge < -0.3 is 10.5 Å². The molecule has 0 saturated heterocycles. The van der Waals surface area contributed by atoms with Crippen molar-refractivity contribution < 1.29 is 9.13 Å². The van der Waals surface area contributed by atoms with Crippen molar-refractivity contribution >= 4 is 5.69 Å². The fourth-order valence-corrected chi connectivity index (χ4v) is 1.69. The molecule has 94 valence electrons. The Morgan fingerprint density at radius 2 is 1.89 bits per heavy atom. The molecule has 0 unspecified atom stereocenters. The van der Waals surface area contributed by atoms with Crippen LogP contribution in [0.1, 0.15) is 16.7 Å². The fraction of sp³-hybridized carbons (Fsp3) is 0.200. The summed E-state index contributed by atoms with van der Waals surface area (Å²) in [5, 5.41) is 0. The molecule has 18 heavy (non-hydrogen) atoms. The molecule has 0 saturated carbocycles. The van der Waals surface area contributed by atoms with E-state index in [9.17, 15) is 4.39 Å². The first-order valence-corrected chi connectivity index (χ1v) is 5.81. The molecule has 0 fully saturated rings. The molecule has 2 rings (SSSR count). The molecule has 0 amide bonds. The molecule has 0 bridgehead atoms. The number of ether oxygens (including phenoxy) is 1. The first kappa shape index (κ1) is 12.4. The average molecular weight is 245 g/mol. The lowest BCUT2D eigenvalue weighted by molar-refractivity contribution is 0.300. The molecular weight excluding hydrogens is 229 g/mol. The van der Waals surface area contributed by atoms with Gasteiger partial charge in [0.15, 0.2) is 0 Å². The van der Waals surface area contributed by atoms with Crippen LogP contribution in [0.3, 0.4) is 0 Å². The summed E-state index contributed by atoms with van der Waals surface area (Å²) in [6, 6.07) is 10.4. The summed E-state index contributed by atoms with van der Waals surface area (Å²) >= 11 is 0. The van der Waals surface area contributed by atoms with Gasteiger partial charge in [-0.25, -0.2) is 4.39 Å². The molecule has 0 heterocycles. The van der Waals surface area contributed by atoms with Crippen LogP contribution in [-0.2, 0) is 6.61 Å². The quantitative estimate of drug-likeness (QED) is 0.838. The van der Waals surface area contributed by atoms with Crippen LogP contribution in [-0.4, -0.2) is 0 Å². The maximum atomic E-state index is 13.5. The van der Waals surface area contributed by atoms with Crippen molar-refractivity contribution in [3.8, 4) is 5.75 Å². The molecule has 0 atom stereocenters. The highest BCUT2D eigenvalue weighted by atomic mass is 19.1. The highest BCUT2D eigenvalue weighted by Gasteiger charge is 2.07. The molecule has 0 aliphatic carbocycles. The van der Waals surface area contributed by atoms with Gasteiger partial charge in [0.25, 0.3) is 0 Å². The van der Waals surface area contributed by atoms with E-state index in [1.807, 2.05) is 32.0 Å². The fourth-order valence-electron chi connectivity index (χ4n) is 1.69. The van der Waals surface area contributed by atoms with E-state index in [0.717, 1.165) is 11.3 Å². The minimum absolute atomic E-state index is 0.140. The van der Waals surface area contributed by atoms with E-state index < -0.39 is 0 Å². The van der Waals surface area contributed by atoms with Crippen molar-refractivity contribution in [2.75, 3.05) is 5.73 Å². The second-order valence-electron chi connectivity index (χ2n) is 4.34. The van der Waals surface area contributed by atoms with Gasteiger partial charge >= 0.3 is 0 Å². The normalized spacial score (nSPS) is 10.4. The number of nitrogens with two attached hydrogens (primary N) is 1. The molecule has 2 N–H and O–H groups in total. The summed E-state index contributed by atoms with van der Waals surface area (Å²) in [5.74, 6) is 0.389. The van der Waals surface area contributed by atoms with Gasteiger partial charge in [-0.15, -0.1) is 0 Å². The summed E-state index contributed by atoms with van der Waals surface area (Å²) in [5.41, 5.74) is 8.88. The van der Waals surface area contributed by atoms with E-state index in [-0.39, 0.29) is 12.4 Å². The number of anilines is 1. The number of aryl methyl sites for hydroxylation is 2. The molecule has 0 spiro atoms. The van der Waals surface area contributed by atoms with Gasteiger partial charge in [0.1, 0.15) is 18.2 Å². The van der Waals surface area contributed by atoms with E-state index in [1.54, 1.807) is 12.1 Å². The SMILES string of the molecule is Cc1ccc(OCc2c(N)cccc2F)cc1C. The van der Waals surface area contributed by atoms with Crippen LogP contribution in [0.15, 0.2) is 36.4 Å². The molecular formula is C15H16FNO. The Kier molecular flexibility index (Phi) is 3.51. The number of halogens is 1. The highest BCUT2D eigenvalue weighted by Crippen LogP contribution is 2.21. The van der Waals surface area contributed by atoms with E-state index in [0.29, 0.717) is 11.3 Å². The van der Waals surface area contributed by atoms with E-state index in [2.05, 4.69) is 0 Å². The lowest BCUT2D eigenvalue weighted by atomic mass is 10.1. The first-order valence-electron chi connectivity index (χ1n) is 5.81. The maximum absolute atomic E-state index is 13.5. The number of nitrogen functional groups attached to an aromatic ring is 1. The lowest BCUT2D eigenvalue weighted by Gasteiger charge is -2.10. The zero-order chi connectivity index (χ0) is 13.1. The summed E-state index contributed by atoms with van der Waals surface area (Å²) in [6.07, 6.45) is 0. The predicted octanol–water partition coefficient (Wildman–Crippen LogP) is 3.60. The Labute approximate surface area is 106 Å². The monoisotopic (exact) mass is 245 g/mol. The van der Waals surface area contributed by atoms with Crippen molar-refractivity contribution in [2.45, 2.75) is 20.5 Å². The van der Waals surface area contributed by atoms with Crippen LogP contribution in [0.5, 0.6) is 5.75 Å². The Morgan fingerprint density at radius 1 is 1.11 bits per heavy atom. The van der Waals surface area contributed by atoms with Crippen LogP contribution in [0.25, 0.3) is 0 Å². The average Bonchev–Trinajstić information content (AvgIpc) is 2.33. The number of hydrogen-bond acceptors (Lipinski definition) is 2. The van der Waals surface area contributed by atoms with Crippen LogP contribution in [0, 0.1) is 19.7 Å². The molecule has 0 aliphatic heterocycles. The Morgan fingerprint density at radius 3 is 2.56 bits per heavy atom. The third-order valence-corrected chi connectivity index (χ3v) is 3.02. The minimum atomic E-state index is -0.334. The van der Waals surface area contributed by atoms with Crippen molar-refractivity contribution in [3.05, 3.63) is 58.9 Å². The number of hydrogen-bond donors (Lipinski definition) is 1. The third-order valence-electron chi connectivity index (χ3n) is 3.02. The second kappa shape index (κ2) is 5.08. The van der Waals surface area contributed by atoms with Crippen molar-refractivity contribution in [1.82, 2.24) is 0 Å². The summed E-state index contributed by atoms with van der Waals surface area (Å²) < 4.78 is 19.1. The molecule has 0 radical (unpaired) electrons. The van der Waals surface area contributed by atoms with Gasteiger partial charge in [-0.05, 0) is 49.2 Å². The van der Waals surface area contributed by atoms with E-state index >= 15 is 0 Å². The largest absolute Gasteiger partial charge is 0.489 e. The summed E-state index contributed by atoms with van der Waals surface area (Å²) in [6.45, 7) is 4.19. The Bertz CT molecular complexity index is 546. The molecule has 2 aromatic rings. The van der Waals surface area contributed by atoms with Crippen molar-refractivity contribution in [3.63, 3.8) is 0 Å². The van der Waals surface area contributed by atoms with Gasteiger partial charge in [-0.2, -0.15) is 0 Å². The van der Waals surface area contributed by atoms with Gasteiger partial charge in [-0.1, -0.05) is 12.1 Å². The first-order chi connectivity index (χ1) is 8.58. The van der Waals surface area contributed by atoms with Gasteiger partial charge in [0, 0.05) is 11.3 Å². The van der Waals surface area contributed by atoms with Gasteiger partial charge in [0.2, 0.25) is 0 Å². The van der Waals surface area contributed by atoms with Crippen LogP contribution in [0.4, 0.5) is 10.1 Å². The van der Waals surface area contributed by atoms with E-state index in [1.165, 1.54) is 11.6 Å². The van der Waals surface area contributed by atoms with Crippen molar-refractivity contribution in [2.24, 2.45) is 0 Å². The lowest BCUT2D eigenvalue weighted by Crippen LogP contribution is -2.03. The highest BCUT2D eigenvalue weighted by molar-refractivity contribution is 5.47. The zero-order valence-corrected chi connectivity index (χ0v) is 10.5. The standard InChI is InChI=1S/C15H16FNO/c1-10-6-7-12(8-11(10)2)18-9-13-14(16)4-3-5-15(13)17/h3-8H,9,17H2,1-2H3. The smallest absolute Gasteiger partial charge is 0.131 e.